The van der Waals surface area contributed by atoms with Crippen molar-refractivity contribution < 1.29 is 13.2 Å². The fraction of sp³-hybridized carbons (Fsp3) is 0.500. The van der Waals surface area contributed by atoms with E-state index in [4.69, 9.17) is 5.26 Å². The van der Waals surface area contributed by atoms with Crippen LogP contribution in [0.2, 0.25) is 0 Å². The number of rotatable bonds is 3. The van der Waals surface area contributed by atoms with Crippen LogP contribution in [0.25, 0.3) is 0 Å². The molecule has 2 rings (SSSR count). The molecule has 1 unspecified atom stereocenters. The van der Waals surface area contributed by atoms with Crippen LogP contribution in [-0.2, 0) is 6.18 Å². The predicted octanol–water partition coefficient (Wildman–Crippen LogP) is 4.66. The maximum absolute atomic E-state index is 13.0. The Labute approximate surface area is 138 Å². The molecule has 1 aromatic carbocycles. The van der Waals surface area contributed by atoms with Crippen LogP contribution in [-0.4, -0.2) is 28.9 Å². The van der Waals surface area contributed by atoms with Crippen molar-refractivity contribution in [3.05, 3.63) is 29.3 Å². The molecule has 1 aliphatic heterocycles. The van der Waals surface area contributed by atoms with E-state index >= 15 is 0 Å². The number of halogens is 3. The van der Waals surface area contributed by atoms with E-state index in [9.17, 15) is 13.2 Å². The maximum Gasteiger partial charge on any atom is 0.417 e. The zero-order chi connectivity index (χ0) is 17.2. The van der Waals surface area contributed by atoms with Crippen molar-refractivity contribution in [3.63, 3.8) is 0 Å². The molecule has 0 saturated carbocycles. The van der Waals surface area contributed by atoms with Gasteiger partial charge in [0, 0.05) is 18.8 Å². The first kappa shape index (κ1) is 17.7. The fourth-order valence-corrected chi connectivity index (χ4v) is 3.87. The van der Waals surface area contributed by atoms with Gasteiger partial charge in [0.15, 0.2) is 5.17 Å². The van der Waals surface area contributed by atoms with Crippen LogP contribution in [0.4, 0.5) is 18.9 Å². The molecule has 124 valence electrons. The van der Waals surface area contributed by atoms with Crippen LogP contribution < -0.4 is 0 Å². The number of hydrogen-bond donors (Lipinski definition) is 0. The zero-order valence-corrected chi connectivity index (χ0v) is 14.0. The van der Waals surface area contributed by atoms with Gasteiger partial charge >= 0.3 is 6.18 Å². The van der Waals surface area contributed by atoms with E-state index in [2.05, 4.69) is 18.8 Å². The lowest BCUT2D eigenvalue weighted by atomic mass is 10.0. The molecular formula is C16H18F3N3S. The first-order valence-electron chi connectivity index (χ1n) is 7.33. The lowest BCUT2D eigenvalue weighted by Gasteiger charge is -2.25. The quantitative estimate of drug-likeness (QED) is 0.803. The van der Waals surface area contributed by atoms with E-state index < -0.39 is 11.7 Å². The van der Waals surface area contributed by atoms with E-state index in [0.29, 0.717) is 17.1 Å². The summed E-state index contributed by atoms with van der Waals surface area (Å²) in [4.78, 5) is 6.38. The molecule has 0 N–H and O–H groups in total. The second-order valence-corrected chi connectivity index (χ2v) is 6.60. The van der Waals surface area contributed by atoms with Crippen LogP contribution >= 0.6 is 11.8 Å². The third-order valence-electron chi connectivity index (χ3n) is 4.14. The van der Waals surface area contributed by atoms with Gasteiger partial charge < -0.3 is 4.90 Å². The number of amidine groups is 1. The highest BCUT2D eigenvalue weighted by Gasteiger charge is 2.34. The van der Waals surface area contributed by atoms with Gasteiger partial charge in [-0.2, -0.15) is 18.4 Å². The summed E-state index contributed by atoms with van der Waals surface area (Å²) in [5.41, 5.74) is -1.10. The van der Waals surface area contributed by atoms with Crippen molar-refractivity contribution in [1.29, 1.82) is 5.26 Å². The molecule has 3 nitrogen and oxygen atoms in total. The van der Waals surface area contributed by atoms with E-state index in [0.717, 1.165) is 18.2 Å². The normalized spacial score (nSPS) is 21.5. The topological polar surface area (TPSA) is 39.4 Å². The Bertz CT molecular complexity index is 649. The average Bonchev–Trinajstić information content (AvgIpc) is 2.86. The molecule has 0 bridgehead atoms. The third kappa shape index (κ3) is 3.81. The maximum atomic E-state index is 13.0. The van der Waals surface area contributed by atoms with Crippen LogP contribution in [0.1, 0.15) is 31.4 Å². The minimum absolute atomic E-state index is 0.218. The van der Waals surface area contributed by atoms with Gasteiger partial charge in [-0.3, -0.25) is 0 Å². The summed E-state index contributed by atoms with van der Waals surface area (Å²) < 4.78 is 39.0. The zero-order valence-electron chi connectivity index (χ0n) is 13.2. The minimum Gasteiger partial charge on any atom is -0.350 e. The number of nitrogens with zero attached hydrogens (tertiary/aromatic N) is 3. The highest BCUT2D eigenvalue weighted by molar-refractivity contribution is 8.14. The van der Waals surface area contributed by atoms with Crippen molar-refractivity contribution in [2.24, 2.45) is 10.9 Å². The molecule has 23 heavy (non-hydrogen) atoms. The monoisotopic (exact) mass is 341 g/mol. The van der Waals surface area contributed by atoms with Gasteiger partial charge in [-0.25, -0.2) is 4.99 Å². The molecule has 0 aliphatic carbocycles. The van der Waals surface area contributed by atoms with Gasteiger partial charge in [-0.05, 0) is 24.1 Å². The summed E-state index contributed by atoms with van der Waals surface area (Å²) in [7, 11) is 1.92. The number of hydrogen-bond acceptors (Lipinski definition) is 3. The molecule has 1 aliphatic rings. The van der Waals surface area contributed by atoms with Gasteiger partial charge in [-0.1, -0.05) is 32.0 Å². The first-order chi connectivity index (χ1) is 10.8. The van der Waals surface area contributed by atoms with Crippen molar-refractivity contribution in [2.45, 2.75) is 32.5 Å². The Morgan fingerprint density at radius 3 is 2.74 bits per heavy atom. The third-order valence-corrected chi connectivity index (χ3v) is 5.28. The number of nitriles is 1. The number of benzene rings is 1. The summed E-state index contributed by atoms with van der Waals surface area (Å²) in [6.07, 6.45) is -3.52. The molecular weight excluding hydrogens is 323 g/mol. The number of alkyl halides is 3. The molecule has 1 fully saturated rings. The van der Waals surface area contributed by atoms with Crippen molar-refractivity contribution in [1.82, 2.24) is 4.90 Å². The molecule has 0 spiro atoms. The standard InChI is InChI=1S/C16H18F3N3S/c1-4-10(2)14-9-23-15(22(14)3)21-12-6-5-11(8-20)13(7-12)16(17,18)19/h5-7,10,14H,4,9H2,1-3H3/t10?,14-/m1/s1. The van der Waals surface area contributed by atoms with E-state index in [-0.39, 0.29) is 11.3 Å². The van der Waals surface area contributed by atoms with Crippen LogP contribution in [0, 0.1) is 17.2 Å². The van der Waals surface area contributed by atoms with Gasteiger partial charge in [0.05, 0.1) is 22.9 Å². The molecule has 1 saturated heterocycles. The Morgan fingerprint density at radius 1 is 1.48 bits per heavy atom. The smallest absolute Gasteiger partial charge is 0.350 e. The van der Waals surface area contributed by atoms with Crippen LogP contribution in [0.3, 0.4) is 0 Å². The van der Waals surface area contributed by atoms with Gasteiger partial charge in [-0.15, -0.1) is 0 Å². The number of aliphatic imine (C=N–C) groups is 1. The number of thioether (sulfide) groups is 1. The van der Waals surface area contributed by atoms with E-state index in [1.54, 1.807) is 17.8 Å². The summed E-state index contributed by atoms with van der Waals surface area (Å²) >= 11 is 1.55. The summed E-state index contributed by atoms with van der Waals surface area (Å²) in [6.45, 7) is 4.28. The summed E-state index contributed by atoms with van der Waals surface area (Å²) in [5, 5.41) is 9.54. The van der Waals surface area contributed by atoms with Crippen LogP contribution in [0.5, 0.6) is 0 Å². The SMILES string of the molecule is CCC(C)[C@H]1CSC(=Nc2ccc(C#N)c(C(F)(F)F)c2)N1C. The van der Waals surface area contributed by atoms with Gasteiger partial charge in [0.25, 0.3) is 0 Å². The Hall–Kier alpha value is -1.68. The lowest BCUT2D eigenvalue weighted by molar-refractivity contribution is -0.137. The highest BCUT2D eigenvalue weighted by atomic mass is 32.2. The molecule has 1 aromatic rings. The van der Waals surface area contributed by atoms with Gasteiger partial charge in [0.1, 0.15) is 0 Å². The van der Waals surface area contributed by atoms with Crippen molar-refractivity contribution in [2.75, 3.05) is 12.8 Å². The Balaban J connectivity index is 2.32. The van der Waals surface area contributed by atoms with E-state index in [1.165, 1.54) is 12.1 Å². The lowest BCUT2D eigenvalue weighted by Crippen LogP contribution is -2.34. The molecule has 0 radical (unpaired) electrons. The highest BCUT2D eigenvalue weighted by Crippen LogP contribution is 2.35. The average molecular weight is 341 g/mol. The largest absolute Gasteiger partial charge is 0.417 e. The summed E-state index contributed by atoms with van der Waals surface area (Å²) in [6, 6.07) is 5.48. The Morgan fingerprint density at radius 2 is 2.17 bits per heavy atom. The van der Waals surface area contributed by atoms with Crippen molar-refractivity contribution in [3.8, 4) is 6.07 Å². The molecule has 7 heteroatoms. The second kappa shape index (κ2) is 6.83. The fourth-order valence-electron chi connectivity index (χ4n) is 2.49. The summed E-state index contributed by atoms with van der Waals surface area (Å²) in [5.74, 6) is 1.37. The first-order valence-corrected chi connectivity index (χ1v) is 8.32. The predicted molar refractivity (Wildman–Crippen MR) is 86.7 cm³/mol. The van der Waals surface area contributed by atoms with Crippen molar-refractivity contribution >= 4 is 22.6 Å². The molecule has 0 aromatic heterocycles. The molecule has 2 atom stereocenters. The Kier molecular flexibility index (Phi) is 5.25. The van der Waals surface area contributed by atoms with Gasteiger partial charge in [0.2, 0.25) is 0 Å². The molecule has 0 amide bonds. The minimum atomic E-state index is -4.56. The van der Waals surface area contributed by atoms with E-state index in [1.807, 2.05) is 11.9 Å². The van der Waals surface area contributed by atoms with Crippen LogP contribution in [0.15, 0.2) is 23.2 Å². The molecule has 1 heterocycles. The second-order valence-electron chi connectivity index (χ2n) is 5.61.